The van der Waals surface area contributed by atoms with Crippen molar-refractivity contribution >= 4 is 64.5 Å². The van der Waals surface area contributed by atoms with E-state index in [1.54, 1.807) is 49.7 Å². The number of alkyl halides is 3. The number of benzene rings is 2. The number of carbonyl (C=O) groups excluding carboxylic acids is 1. The zero-order valence-electron chi connectivity index (χ0n) is 26.9. The molecule has 1 amide bonds. The number of carbonyl (C=O) groups is 1. The van der Waals surface area contributed by atoms with Gasteiger partial charge in [-0.25, -0.2) is 4.98 Å². The van der Waals surface area contributed by atoms with Crippen LogP contribution in [-0.2, 0) is 9.36 Å². The number of piperazine rings is 1. The van der Waals surface area contributed by atoms with Gasteiger partial charge in [-0.05, 0) is 44.4 Å². The predicted molar refractivity (Wildman–Crippen MR) is 186 cm³/mol. The number of halogens is 4. The van der Waals surface area contributed by atoms with Gasteiger partial charge in [0.15, 0.2) is 5.82 Å². The topological polar surface area (TPSA) is 124 Å². The summed E-state index contributed by atoms with van der Waals surface area (Å²) in [5.41, 5.74) is 1.84. The molecule has 5 rings (SSSR count). The summed E-state index contributed by atoms with van der Waals surface area (Å²) in [5.74, 6) is -0.164. The molecule has 0 bridgehead atoms. The second kappa shape index (κ2) is 15.1. The van der Waals surface area contributed by atoms with Crippen molar-refractivity contribution in [2.75, 3.05) is 80.6 Å². The molecule has 2 fully saturated rings. The lowest BCUT2D eigenvalue weighted by Gasteiger charge is -2.41. The maximum absolute atomic E-state index is 12.9. The molecule has 2 aromatic carbocycles. The Hall–Kier alpha value is -3.84. The number of nitrogens with zero attached hydrogens (tertiary/aromatic N) is 4. The van der Waals surface area contributed by atoms with Gasteiger partial charge in [0.25, 0.3) is 0 Å². The van der Waals surface area contributed by atoms with Crippen molar-refractivity contribution in [1.82, 2.24) is 20.2 Å². The number of anilines is 6. The average molecular weight is 707 g/mol. The number of para-hydroxylation sites is 1. The van der Waals surface area contributed by atoms with Gasteiger partial charge in [0.05, 0.1) is 36.1 Å². The molecule has 0 spiro atoms. The molecule has 16 heteroatoms. The minimum Gasteiger partial charge on any atom is -0.494 e. The fraction of sp³-hybridized carbons (Fsp3) is 0.406. The van der Waals surface area contributed by atoms with Gasteiger partial charge >= 0.3 is 6.18 Å². The van der Waals surface area contributed by atoms with E-state index in [0.717, 1.165) is 39.0 Å². The second-order valence-electron chi connectivity index (χ2n) is 11.9. The Labute approximate surface area is 282 Å². The van der Waals surface area contributed by atoms with Crippen LogP contribution in [0.25, 0.3) is 0 Å². The maximum Gasteiger partial charge on any atom is 0.409 e. The minimum atomic E-state index is -4.64. The fourth-order valence-electron chi connectivity index (χ4n) is 5.87. The van der Waals surface area contributed by atoms with E-state index in [4.69, 9.17) is 16.3 Å². The van der Waals surface area contributed by atoms with Crippen LogP contribution < -0.4 is 36.2 Å². The van der Waals surface area contributed by atoms with Crippen LogP contribution in [-0.4, -0.2) is 92.7 Å². The first-order valence-corrected chi connectivity index (χ1v) is 18.5. The fourth-order valence-corrected chi connectivity index (χ4v) is 7.17. The van der Waals surface area contributed by atoms with Gasteiger partial charge in [0.2, 0.25) is 11.9 Å². The highest BCUT2D eigenvalue weighted by Crippen LogP contribution is 2.41. The molecule has 11 nitrogen and oxygen atoms in total. The SMILES string of the molecule is COc1cc(N2CCC(N3CCNCC3)CC2)c(NC(=O)/C=C/C(F)(F)F)cc1Nc1ncc(Cl)c(Nc2ccccc2P(C)(C)=O)n1. The van der Waals surface area contributed by atoms with Gasteiger partial charge in [-0.1, -0.05) is 23.7 Å². The van der Waals surface area contributed by atoms with E-state index in [9.17, 15) is 22.5 Å². The molecule has 1 aromatic heterocycles. The Morgan fingerprint density at radius 1 is 1.06 bits per heavy atom. The first-order valence-electron chi connectivity index (χ1n) is 15.5. The third-order valence-electron chi connectivity index (χ3n) is 8.20. The van der Waals surface area contributed by atoms with Gasteiger partial charge in [-0.2, -0.15) is 18.2 Å². The molecule has 2 saturated heterocycles. The first-order chi connectivity index (χ1) is 22.8. The molecule has 48 heavy (non-hydrogen) atoms. The molecule has 258 valence electrons. The Morgan fingerprint density at radius 3 is 2.44 bits per heavy atom. The molecular formula is C32H39ClF3N8O3P. The molecule has 3 heterocycles. The van der Waals surface area contributed by atoms with Crippen molar-refractivity contribution in [2.24, 2.45) is 0 Å². The van der Waals surface area contributed by atoms with E-state index >= 15 is 0 Å². The van der Waals surface area contributed by atoms with Crippen LogP contribution >= 0.6 is 18.7 Å². The van der Waals surface area contributed by atoms with Crippen molar-refractivity contribution < 1.29 is 27.3 Å². The summed E-state index contributed by atoms with van der Waals surface area (Å²) in [6, 6.07) is 10.9. The van der Waals surface area contributed by atoms with Gasteiger partial charge in [-0.3, -0.25) is 9.69 Å². The summed E-state index contributed by atoms with van der Waals surface area (Å²) in [5, 5.41) is 13.1. The van der Waals surface area contributed by atoms with Gasteiger partial charge < -0.3 is 35.5 Å². The highest BCUT2D eigenvalue weighted by molar-refractivity contribution is 7.70. The highest BCUT2D eigenvalue weighted by atomic mass is 35.5. The average Bonchev–Trinajstić information content (AvgIpc) is 3.05. The molecule has 3 aromatic rings. The Kier molecular flexibility index (Phi) is 11.2. The third-order valence-corrected chi connectivity index (χ3v) is 10.0. The largest absolute Gasteiger partial charge is 0.494 e. The Morgan fingerprint density at radius 2 is 1.77 bits per heavy atom. The van der Waals surface area contributed by atoms with Gasteiger partial charge in [0.1, 0.15) is 17.9 Å². The molecule has 2 aliphatic heterocycles. The summed E-state index contributed by atoms with van der Waals surface area (Å²) in [4.78, 5) is 26.1. The summed E-state index contributed by atoms with van der Waals surface area (Å²) in [6.45, 7) is 8.59. The molecular weight excluding hydrogens is 668 g/mol. The van der Waals surface area contributed by atoms with Crippen LogP contribution in [0.3, 0.4) is 0 Å². The monoisotopic (exact) mass is 706 g/mol. The lowest BCUT2D eigenvalue weighted by molar-refractivity contribution is -0.112. The third kappa shape index (κ3) is 9.19. The molecule has 0 aliphatic carbocycles. The van der Waals surface area contributed by atoms with Crippen molar-refractivity contribution in [3.8, 4) is 5.75 Å². The number of aromatic nitrogens is 2. The molecule has 0 saturated carbocycles. The normalized spacial score (nSPS) is 16.6. The van der Waals surface area contributed by atoms with Gasteiger partial charge in [-0.15, -0.1) is 0 Å². The van der Waals surface area contributed by atoms with Gasteiger partial charge in [0, 0.05) is 68.8 Å². The maximum atomic E-state index is 12.9. The van der Waals surface area contributed by atoms with E-state index < -0.39 is 19.2 Å². The zero-order chi connectivity index (χ0) is 34.5. The summed E-state index contributed by atoms with van der Waals surface area (Å²) in [6.07, 6.45) is -1.09. The molecule has 4 N–H and O–H groups in total. The molecule has 0 unspecified atom stereocenters. The number of methoxy groups -OCH3 is 1. The Bertz CT molecular complexity index is 1690. The van der Waals surface area contributed by atoms with Crippen molar-refractivity contribution in [1.29, 1.82) is 0 Å². The van der Waals surface area contributed by atoms with E-state index in [-0.39, 0.29) is 22.9 Å². The van der Waals surface area contributed by atoms with Crippen LogP contribution in [0.4, 0.5) is 47.7 Å². The summed E-state index contributed by atoms with van der Waals surface area (Å²) < 4.78 is 57.1. The quantitative estimate of drug-likeness (QED) is 0.152. The smallest absolute Gasteiger partial charge is 0.409 e. The van der Waals surface area contributed by atoms with E-state index in [1.807, 2.05) is 0 Å². The van der Waals surface area contributed by atoms with E-state index in [0.29, 0.717) is 59.0 Å². The number of amides is 1. The van der Waals surface area contributed by atoms with Crippen LogP contribution in [0.15, 0.2) is 54.7 Å². The number of hydrogen-bond acceptors (Lipinski definition) is 10. The minimum absolute atomic E-state index is 0.103. The van der Waals surface area contributed by atoms with Crippen LogP contribution in [0.1, 0.15) is 12.8 Å². The first kappa shape index (κ1) is 35.5. The molecule has 0 atom stereocenters. The highest BCUT2D eigenvalue weighted by Gasteiger charge is 2.28. The van der Waals surface area contributed by atoms with Crippen molar-refractivity contribution in [2.45, 2.75) is 25.1 Å². The zero-order valence-corrected chi connectivity index (χ0v) is 28.6. The summed E-state index contributed by atoms with van der Waals surface area (Å²) >= 11 is 6.43. The Balaban J connectivity index is 1.43. The van der Waals surface area contributed by atoms with Crippen molar-refractivity contribution in [3.05, 3.63) is 59.8 Å². The van der Waals surface area contributed by atoms with Crippen LogP contribution in [0.5, 0.6) is 5.75 Å². The van der Waals surface area contributed by atoms with E-state index in [2.05, 4.69) is 41.0 Å². The van der Waals surface area contributed by atoms with Crippen LogP contribution in [0, 0.1) is 0 Å². The number of ether oxygens (including phenoxy) is 1. The molecule has 2 aliphatic rings. The predicted octanol–water partition coefficient (Wildman–Crippen LogP) is 5.80. The van der Waals surface area contributed by atoms with Crippen molar-refractivity contribution in [3.63, 3.8) is 0 Å². The summed E-state index contributed by atoms with van der Waals surface area (Å²) in [7, 11) is -1.14. The molecule has 0 radical (unpaired) electrons. The van der Waals surface area contributed by atoms with E-state index in [1.165, 1.54) is 13.3 Å². The second-order valence-corrected chi connectivity index (χ2v) is 15.5. The number of hydrogen-bond donors (Lipinski definition) is 4. The number of allylic oxidation sites excluding steroid dienone is 1. The lowest BCUT2D eigenvalue weighted by Crippen LogP contribution is -2.52. The standard InChI is InChI=1S/C32H39ClF3N8O3P/c1-47-27-19-26(44-14-9-21(10-15-44)43-16-12-37-13-17-43)24(39-29(45)8-11-32(34,35)36)18-25(27)41-31-38-20-22(33)30(42-31)40-23-6-4-5-7-28(23)48(2,3)46/h4-8,11,18-21,37H,9-10,12-17H2,1-3H3,(H,39,45)(H2,38,40,41,42)/b11-8+. The van der Waals surface area contributed by atoms with Crippen LogP contribution in [0.2, 0.25) is 5.02 Å². The number of nitrogens with one attached hydrogen (secondary N) is 4. The number of piperidine rings is 1. The number of rotatable bonds is 10. The lowest BCUT2D eigenvalue weighted by atomic mass is 10.0.